The van der Waals surface area contributed by atoms with Gasteiger partial charge in [-0.15, -0.1) is 0 Å². The van der Waals surface area contributed by atoms with Crippen LogP contribution in [0.4, 0.5) is 5.69 Å². The molecule has 0 bridgehead atoms. The fraction of sp³-hybridized carbons (Fsp3) is 0.0769. The van der Waals surface area contributed by atoms with Gasteiger partial charge in [0.1, 0.15) is 5.76 Å². The van der Waals surface area contributed by atoms with Gasteiger partial charge in [-0.25, -0.2) is 0 Å². The fourth-order valence-electron chi connectivity index (χ4n) is 1.39. The Kier molecular flexibility index (Phi) is 3.88. The van der Waals surface area contributed by atoms with Gasteiger partial charge in [0.05, 0.1) is 24.8 Å². The number of aliphatic hydroxyl groups excluding tert-OH is 1. The van der Waals surface area contributed by atoms with Crippen LogP contribution < -0.4 is 5.32 Å². The van der Waals surface area contributed by atoms with Gasteiger partial charge >= 0.3 is 0 Å². The first-order chi connectivity index (χ1) is 8.79. The Labute approximate surface area is 104 Å². The third kappa shape index (κ3) is 3.05. The SMILES string of the molecule is O=C(/C=C/c1ccco1)Nc1cnccc1CO. The zero-order chi connectivity index (χ0) is 12.8. The molecule has 0 aromatic carbocycles. The number of nitrogens with one attached hydrogen (secondary N) is 1. The van der Waals surface area contributed by atoms with Crippen molar-refractivity contribution in [2.24, 2.45) is 0 Å². The van der Waals surface area contributed by atoms with Gasteiger partial charge < -0.3 is 14.8 Å². The van der Waals surface area contributed by atoms with Gasteiger partial charge in [0.15, 0.2) is 0 Å². The van der Waals surface area contributed by atoms with Crippen LogP contribution >= 0.6 is 0 Å². The summed E-state index contributed by atoms with van der Waals surface area (Å²) in [5.74, 6) is 0.285. The van der Waals surface area contributed by atoms with E-state index in [1.54, 1.807) is 30.5 Å². The normalized spacial score (nSPS) is 10.7. The van der Waals surface area contributed by atoms with Gasteiger partial charge in [-0.3, -0.25) is 9.78 Å². The number of hydrogen-bond donors (Lipinski definition) is 2. The van der Waals surface area contributed by atoms with Crippen LogP contribution in [0, 0.1) is 0 Å². The molecule has 5 heteroatoms. The molecule has 2 heterocycles. The summed E-state index contributed by atoms with van der Waals surface area (Å²) in [6.07, 6.45) is 7.49. The minimum absolute atomic E-state index is 0.153. The summed E-state index contributed by atoms with van der Waals surface area (Å²) < 4.78 is 5.06. The Balaban J connectivity index is 2.03. The smallest absolute Gasteiger partial charge is 0.248 e. The highest BCUT2D eigenvalue weighted by atomic mass is 16.3. The van der Waals surface area contributed by atoms with E-state index in [2.05, 4.69) is 10.3 Å². The topological polar surface area (TPSA) is 75.4 Å². The summed E-state index contributed by atoms with van der Waals surface area (Å²) in [6, 6.07) is 5.13. The molecule has 0 saturated carbocycles. The molecule has 0 aliphatic heterocycles. The summed E-state index contributed by atoms with van der Waals surface area (Å²) in [7, 11) is 0. The van der Waals surface area contributed by atoms with E-state index in [0.717, 1.165) is 0 Å². The lowest BCUT2D eigenvalue weighted by Gasteiger charge is -2.06. The number of carbonyl (C=O) groups is 1. The number of aromatic nitrogens is 1. The molecule has 2 N–H and O–H groups in total. The summed E-state index contributed by atoms with van der Waals surface area (Å²) in [6.45, 7) is -0.153. The third-order valence-electron chi connectivity index (χ3n) is 2.28. The number of amides is 1. The quantitative estimate of drug-likeness (QED) is 0.804. The standard InChI is InChI=1S/C13H12N2O3/c16-9-10-5-6-14-8-12(10)15-13(17)4-3-11-2-1-7-18-11/h1-8,16H,9H2,(H,15,17)/b4-3+. The van der Waals surface area contributed by atoms with Crippen molar-refractivity contribution in [3.8, 4) is 0 Å². The average Bonchev–Trinajstić information content (AvgIpc) is 2.90. The van der Waals surface area contributed by atoms with Crippen LogP contribution in [0.5, 0.6) is 0 Å². The maximum atomic E-state index is 11.6. The number of nitrogens with zero attached hydrogens (tertiary/aromatic N) is 1. The highest BCUT2D eigenvalue weighted by molar-refractivity contribution is 6.02. The van der Waals surface area contributed by atoms with E-state index in [1.165, 1.54) is 18.5 Å². The van der Waals surface area contributed by atoms with Crippen LogP contribution in [-0.4, -0.2) is 16.0 Å². The molecular weight excluding hydrogens is 232 g/mol. The highest BCUT2D eigenvalue weighted by Gasteiger charge is 2.03. The zero-order valence-electron chi connectivity index (χ0n) is 9.54. The number of carbonyl (C=O) groups excluding carboxylic acids is 1. The molecule has 18 heavy (non-hydrogen) atoms. The van der Waals surface area contributed by atoms with E-state index in [4.69, 9.17) is 9.52 Å². The largest absolute Gasteiger partial charge is 0.465 e. The molecule has 0 spiro atoms. The fourth-order valence-corrected chi connectivity index (χ4v) is 1.39. The Morgan fingerprint density at radius 3 is 3.11 bits per heavy atom. The molecule has 5 nitrogen and oxygen atoms in total. The van der Waals surface area contributed by atoms with Crippen molar-refractivity contribution in [1.82, 2.24) is 4.98 Å². The molecule has 0 aliphatic carbocycles. The number of anilines is 1. The number of pyridine rings is 1. The summed E-state index contributed by atoms with van der Waals surface area (Å²) in [5.41, 5.74) is 1.11. The Hall–Kier alpha value is -2.40. The van der Waals surface area contributed by atoms with E-state index in [1.807, 2.05) is 0 Å². The van der Waals surface area contributed by atoms with Crippen molar-refractivity contribution in [2.45, 2.75) is 6.61 Å². The molecular formula is C13H12N2O3. The number of furan rings is 1. The summed E-state index contributed by atoms with van der Waals surface area (Å²) >= 11 is 0. The second kappa shape index (κ2) is 5.79. The molecule has 0 unspecified atom stereocenters. The van der Waals surface area contributed by atoms with Crippen LogP contribution in [0.2, 0.25) is 0 Å². The van der Waals surface area contributed by atoms with Crippen LogP contribution in [0.3, 0.4) is 0 Å². The zero-order valence-corrected chi connectivity index (χ0v) is 9.54. The van der Waals surface area contributed by atoms with Crippen LogP contribution in [0.15, 0.2) is 47.3 Å². The number of aliphatic hydroxyl groups is 1. The van der Waals surface area contributed by atoms with E-state index in [-0.39, 0.29) is 12.5 Å². The van der Waals surface area contributed by atoms with Crippen LogP contribution in [-0.2, 0) is 11.4 Å². The van der Waals surface area contributed by atoms with E-state index < -0.39 is 0 Å². The molecule has 0 atom stereocenters. The molecule has 0 fully saturated rings. The van der Waals surface area contributed by atoms with Gasteiger partial charge in [0.2, 0.25) is 5.91 Å². The summed E-state index contributed by atoms with van der Waals surface area (Å²) in [5, 5.41) is 11.7. The van der Waals surface area contributed by atoms with Gasteiger partial charge in [0, 0.05) is 17.8 Å². The lowest BCUT2D eigenvalue weighted by Crippen LogP contribution is -2.10. The summed E-state index contributed by atoms with van der Waals surface area (Å²) in [4.78, 5) is 15.5. The Morgan fingerprint density at radius 1 is 1.50 bits per heavy atom. The predicted octanol–water partition coefficient (Wildman–Crippen LogP) is 1.82. The molecule has 2 aromatic heterocycles. The molecule has 92 valence electrons. The minimum atomic E-state index is -0.311. The molecule has 1 amide bonds. The van der Waals surface area contributed by atoms with Crippen molar-refractivity contribution >= 4 is 17.7 Å². The second-order valence-electron chi connectivity index (χ2n) is 3.53. The van der Waals surface area contributed by atoms with Crippen molar-refractivity contribution in [3.05, 3.63) is 54.3 Å². The Morgan fingerprint density at radius 2 is 2.39 bits per heavy atom. The molecule has 0 saturated heterocycles. The van der Waals surface area contributed by atoms with E-state index >= 15 is 0 Å². The molecule has 2 aromatic rings. The van der Waals surface area contributed by atoms with Gasteiger partial charge in [-0.05, 0) is 24.3 Å². The maximum absolute atomic E-state index is 11.6. The van der Waals surface area contributed by atoms with Crippen LogP contribution in [0.25, 0.3) is 6.08 Å². The Bertz CT molecular complexity index is 547. The monoisotopic (exact) mass is 244 g/mol. The van der Waals surface area contributed by atoms with Gasteiger partial charge in [0.25, 0.3) is 0 Å². The van der Waals surface area contributed by atoms with Crippen molar-refractivity contribution in [3.63, 3.8) is 0 Å². The van der Waals surface area contributed by atoms with Crippen molar-refractivity contribution < 1.29 is 14.3 Å². The number of rotatable bonds is 4. The first-order valence-corrected chi connectivity index (χ1v) is 5.36. The lowest BCUT2D eigenvalue weighted by molar-refractivity contribution is -0.111. The predicted molar refractivity (Wildman–Crippen MR) is 66.5 cm³/mol. The third-order valence-corrected chi connectivity index (χ3v) is 2.28. The molecule has 2 rings (SSSR count). The first kappa shape index (κ1) is 12.1. The lowest BCUT2D eigenvalue weighted by atomic mass is 10.2. The van der Waals surface area contributed by atoms with E-state index in [0.29, 0.717) is 17.0 Å². The maximum Gasteiger partial charge on any atom is 0.248 e. The highest BCUT2D eigenvalue weighted by Crippen LogP contribution is 2.13. The minimum Gasteiger partial charge on any atom is -0.465 e. The number of hydrogen-bond acceptors (Lipinski definition) is 4. The van der Waals surface area contributed by atoms with Crippen molar-refractivity contribution in [2.75, 3.05) is 5.32 Å². The van der Waals surface area contributed by atoms with Gasteiger partial charge in [-0.1, -0.05) is 0 Å². The van der Waals surface area contributed by atoms with Crippen LogP contribution in [0.1, 0.15) is 11.3 Å². The van der Waals surface area contributed by atoms with E-state index in [9.17, 15) is 4.79 Å². The van der Waals surface area contributed by atoms with Gasteiger partial charge in [-0.2, -0.15) is 0 Å². The molecule has 0 radical (unpaired) electrons. The average molecular weight is 244 g/mol. The molecule has 0 aliphatic rings. The second-order valence-corrected chi connectivity index (χ2v) is 3.53. The van der Waals surface area contributed by atoms with Crippen molar-refractivity contribution in [1.29, 1.82) is 0 Å². The first-order valence-electron chi connectivity index (χ1n) is 5.36.